The zero-order valence-electron chi connectivity index (χ0n) is 9.61. The van der Waals surface area contributed by atoms with Gasteiger partial charge >= 0.3 is 0 Å². The molecule has 0 saturated carbocycles. The average molecular weight is 215 g/mol. The number of para-hydroxylation sites is 2. The molecule has 2 rings (SSSR count). The first-order chi connectivity index (χ1) is 7.76. The van der Waals surface area contributed by atoms with Gasteiger partial charge in [0.25, 0.3) is 0 Å². The number of hydrogen-bond acceptors (Lipinski definition) is 2. The quantitative estimate of drug-likeness (QED) is 0.794. The van der Waals surface area contributed by atoms with Gasteiger partial charge in [0.05, 0.1) is 11.0 Å². The number of hydrogen-bond donors (Lipinski definition) is 1. The van der Waals surface area contributed by atoms with E-state index in [1.807, 2.05) is 18.2 Å². The van der Waals surface area contributed by atoms with Gasteiger partial charge in [-0.2, -0.15) is 0 Å². The number of aromatic nitrogens is 2. The van der Waals surface area contributed by atoms with Crippen molar-refractivity contribution in [3.05, 3.63) is 42.2 Å². The molecular weight excluding hydrogens is 198 g/mol. The minimum atomic E-state index is 0.523. The van der Waals surface area contributed by atoms with Gasteiger partial charge in [-0.3, -0.25) is 0 Å². The van der Waals surface area contributed by atoms with Crippen LogP contribution in [0.5, 0.6) is 0 Å². The van der Waals surface area contributed by atoms with Crippen LogP contribution in [0.4, 0.5) is 0 Å². The summed E-state index contributed by atoms with van der Waals surface area (Å²) in [6.07, 6.45) is 0.923. The maximum absolute atomic E-state index is 5.59. The molecule has 0 spiro atoms. The van der Waals surface area contributed by atoms with Gasteiger partial charge in [0.2, 0.25) is 0 Å². The Hall–Kier alpha value is -1.61. The zero-order valence-corrected chi connectivity index (χ0v) is 9.61. The van der Waals surface area contributed by atoms with Crippen molar-refractivity contribution in [1.82, 2.24) is 9.55 Å². The number of nitrogens with two attached hydrogens (primary N) is 1. The predicted octanol–water partition coefficient (Wildman–Crippen LogP) is 2.11. The van der Waals surface area contributed by atoms with Crippen molar-refractivity contribution in [3.63, 3.8) is 0 Å². The van der Waals surface area contributed by atoms with Crippen LogP contribution in [0.15, 0.2) is 36.4 Å². The summed E-state index contributed by atoms with van der Waals surface area (Å²) in [4.78, 5) is 4.60. The van der Waals surface area contributed by atoms with Gasteiger partial charge < -0.3 is 10.3 Å². The highest BCUT2D eigenvalue weighted by molar-refractivity contribution is 5.76. The Morgan fingerprint density at radius 1 is 1.44 bits per heavy atom. The number of fused-ring (bicyclic) bond motifs is 1. The Labute approximate surface area is 95.6 Å². The lowest BCUT2D eigenvalue weighted by atomic mass is 10.2. The maximum Gasteiger partial charge on any atom is 0.109 e. The third kappa shape index (κ3) is 1.86. The molecule has 3 heteroatoms. The fraction of sp³-hybridized carbons (Fsp3) is 0.308. The Bertz CT molecular complexity index is 511. The summed E-state index contributed by atoms with van der Waals surface area (Å²) in [7, 11) is 0. The van der Waals surface area contributed by atoms with Crippen LogP contribution in [-0.4, -0.2) is 16.1 Å². The smallest absolute Gasteiger partial charge is 0.109 e. The third-order valence-electron chi connectivity index (χ3n) is 2.72. The molecule has 1 aromatic carbocycles. The van der Waals surface area contributed by atoms with Crippen LogP contribution < -0.4 is 5.73 Å². The molecule has 1 heterocycles. The second-order valence-corrected chi connectivity index (χ2v) is 3.91. The monoisotopic (exact) mass is 215 g/mol. The van der Waals surface area contributed by atoms with Crippen LogP contribution in [0.2, 0.25) is 0 Å². The number of rotatable bonds is 4. The fourth-order valence-electron chi connectivity index (χ4n) is 1.86. The molecule has 84 valence electrons. The summed E-state index contributed by atoms with van der Waals surface area (Å²) in [6.45, 7) is 7.36. The van der Waals surface area contributed by atoms with Crippen molar-refractivity contribution < 1.29 is 0 Å². The highest BCUT2D eigenvalue weighted by atomic mass is 15.1. The number of benzene rings is 1. The first-order valence-electron chi connectivity index (χ1n) is 5.57. The molecule has 0 saturated heterocycles. The van der Waals surface area contributed by atoms with E-state index in [1.165, 1.54) is 0 Å². The van der Waals surface area contributed by atoms with Gasteiger partial charge in [0.15, 0.2) is 0 Å². The molecular formula is C13H17N3. The van der Waals surface area contributed by atoms with Crippen molar-refractivity contribution in [2.24, 2.45) is 5.73 Å². The minimum Gasteiger partial charge on any atom is -0.327 e. The summed E-state index contributed by atoms with van der Waals surface area (Å²) in [6, 6.07) is 8.17. The lowest BCUT2D eigenvalue weighted by Crippen LogP contribution is -2.11. The Morgan fingerprint density at radius 2 is 2.19 bits per heavy atom. The van der Waals surface area contributed by atoms with E-state index in [2.05, 4.69) is 29.1 Å². The van der Waals surface area contributed by atoms with Crippen molar-refractivity contribution in [2.75, 3.05) is 6.54 Å². The molecule has 0 radical (unpaired) electrons. The van der Waals surface area contributed by atoms with E-state index in [0.717, 1.165) is 35.4 Å². The summed E-state index contributed by atoms with van der Waals surface area (Å²) in [5.41, 5.74) is 8.82. The van der Waals surface area contributed by atoms with E-state index in [0.29, 0.717) is 6.54 Å². The molecule has 0 fully saturated rings. The Morgan fingerprint density at radius 3 is 2.88 bits per heavy atom. The summed E-state index contributed by atoms with van der Waals surface area (Å²) < 4.78 is 2.20. The van der Waals surface area contributed by atoms with Crippen LogP contribution in [0.1, 0.15) is 12.7 Å². The molecule has 0 amide bonds. The highest BCUT2D eigenvalue weighted by Crippen LogP contribution is 2.17. The van der Waals surface area contributed by atoms with E-state index in [9.17, 15) is 0 Å². The van der Waals surface area contributed by atoms with Crippen LogP contribution >= 0.6 is 0 Å². The second kappa shape index (κ2) is 4.49. The molecule has 2 aromatic rings. The molecule has 0 aliphatic carbocycles. The summed E-state index contributed by atoms with van der Waals surface area (Å²) in [5.74, 6) is 1.09. The highest BCUT2D eigenvalue weighted by Gasteiger charge is 2.08. The Balaban J connectivity index is 2.51. The lowest BCUT2D eigenvalue weighted by Gasteiger charge is -2.08. The molecule has 0 aliphatic rings. The van der Waals surface area contributed by atoms with E-state index >= 15 is 0 Å². The van der Waals surface area contributed by atoms with Crippen LogP contribution in [-0.2, 0) is 13.0 Å². The normalized spacial score (nSPS) is 10.9. The van der Waals surface area contributed by atoms with E-state index in [-0.39, 0.29) is 0 Å². The number of nitrogens with zero attached hydrogens (tertiary/aromatic N) is 2. The molecule has 0 unspecified atom stereocenters. The molecule has 1 aromatic heterocycles. The SMILES string of the molecule is C=C(CN)Cn1c(CC)nc2ccccc21. The largest absolute Gasteiger partial charge is 0.327 e. The third-order valence-corrected chi connectivity index (χ3v) is 2.72. The predicted molar refractivity (Wildman–Crippen MR) is 67.3 cm³/mol. The number of aryl methyl sites for hydroxylation is 1. The molecule has 2 N–H and O–H groups in total. The minimum absolute atomic E-state index is 0.523. The second-order valence-electron chi connectivity index (χ2n) is 3.91. The average Bonchev–Trinajstić information content (AvgIpc) is 2.67. The zero-order chi connectivity index (χ0) is 11.5. The first kappa shape index (κ1) is 10.9. The van der Waals surface area contributed by atoms with Gasteiger partial charge in [-0.15, -0.1) is 0 Å². The van der Waals surface area contributed by atoms with Crippen LogP contribution in [0.3, 0.4) is 0 Å². The van der Waals surface area contributed by atoms with Gasteiger partial charge in [-0.05, 0) is 17.7 Å². The van der Waals surface area contributed by atoms with E-state index in [1.54, 1.807) is 0 Å². The molecule has 0 aliphatic heterocycles. The van der Waals surface area contributed by atoms with E-state index < -0.39 is 0 Å². The fourth-order valence-corrected chi connectivity index (χ4v) is 1.86. The standard InChI is InChI=1S/C13H17N3/c1-3-13-15-11-6-4-5-7-12(11)16(13)9-10(2)8-14/h4-7H,2-3,8-9,14H2,1H3. The molecule has 3 nitrogen and oxygen atoms in total. The van der Waals surface area contributed by atoms with Crippen LogP contribution in [0, 0.1) is 0 Å². The van der Waals surface area contributed by atoms with Gasteiger partial charge in [0.1, 0.15) is 5.82 Å². The van der Waals surface area contributed by atoms with Crippen LogP contribution in [0.25, 0.3) is 11.0 Å². The first-order valence-corrected chi connectivity index (χ1v) is 5.57. The summed E-state index contributed by atoms with van der Waals surface area (Å²) >= 11 is 0. The molecule has 0 atom stereocenters. The van der Waals surface area contributed by atoms with Crippen molar-refractivity contribution in [2.45, 2.75) is 19.9 Å². The van der Waals surface area contributed by atoms with Crippen molar-refractivity contribution in [1.29, 1.82) is 0 Å². The van der Waals surface area contributed by atoms with Gasteiger partial charge in [0, 0.05) is 19.5 Å². The Kier molecular flexibility index (Phi) is 3.06. The number of imidazole rings is 1. The van der Waals surface area contributed by atoms with Crippen molar-refractivity contribution in [3.8, 4) is 0 Å². The molecule has 16 heavy (non-hydrogen) atoms. The van der Waals surface area contributed by atoms with Gasteiger partial charge in [-0.1, -0.05) is 25.6 Å². The topological polar surface area (TPSA) is 43.8 Å². The maximum atomic E-state index is 5.59. The van der Waals surface area contributed by atoms with Crippen molar-refractivity contribution >= 4 is 11.0 Å². The molecule has 0 bridgehead atoms. The summed E-state index contributed by atoms with van der Waals surface area (Å²) in [5, 5.41) is 0. The lowest BCUT2D eigenvalue weighted by molar-refractivity contribution is 0.733. The van der Waals surface area contributed by atoms with E-state index in [4.69, 9.17) is 5.73 Å². The van der Waals surface area contributed by atoms with Gasteiger partial charge in [-0.25, -0.2) is 4.98 Å².